The Balaban J connectivity index is 1.90. The number of rotatable bonds is 4. The van der Waals surface area contributed by atoms with Crippen LogP contribution in [0, 0.1) is 10.1 Å². The van der Waals surface area contributed by atoms with E-state index in [-0.39, 0.29) is 17.0 Å². The largest absolute Gasteiger partial charge is 0.507 e. The molecule has 1 amide bonds. The SMILES string of the molecule is COc1ccc([N+](=O)[O-])c(C(=O)Nc2ccc3c(c2)OC(F)(F)C(F)(F)O3)c1. The number of fused-ring (bicyclic) bond motifs is 1. The van der Waals surface area contributed by atoms with Gasteiger partial charge in [0.05, 0.1) is 12.0 Å². The molecule has 12 heteroatoms. The van der Waals surface area contributed by atoms with Gasteiger partial charge in [-0.05, 0) is 24.3 Å². The van der Waals surface area contributed by atoms with Crippen molar-refractivity contribution in [3.05, 3.63) is 52.1 Å². The monoisotopic (exact) mass is 402 g/mol. The second kappa shape index (κ2) is 6.55. The number of carbonyl (C=O) groups is 1. The van der Waals surface area contributed by atoms with Crippen molar-refractivity contribution in [2.24, 2.45) is 0 Å². The summed E-state index contributed by atoms with van der Waals surface area (Å²) in [5.74, 6) is -2.20. The Morgan fingerprint density at radius 1 is 1.07 bits per heavy atom. The lowest BCUT2D eigenvalue weighted by molar-refractivity contribution is -0.391. The number of alkyl halides is 4. The Labute approximate surface area is 153 Å². The van der Waals surface area contributed by atoms with Crippen LogP contribution in [0.1, 0.15) is 10.4 Å². The zero-order valence-corrected chi connectivity index (χ0v) is 13.9. The first-order valence-corrected chi connectivity index (χ1v) is 7.45. The molecule has 2 aromatic rings. The lowest BCUT2D eigenvalue weighted by atomic mass is 10.1. The Hall–Kier alpha value is -3.57. The van der Waals surface area contributed by atoms with Crippen molar-refractivity contribution in [1.82, 2.24) is 0 Å². The number of halogens is 4. The highest BCUT2D eigenvalue weighted by Gasteiger charge is 2.65. The number of methoxy groups -OCH3 is 1. The van der Waals surface area contributed by atoms with Gasteiger partial charge < -0.3 is 19.5 Å². The van der Waals surface area contributed by atoms with Gasteiger partial charge in [-0.25, -0.2) is 0 Å². The van der Waals surface area contributed by atoms with Crippen LogP contribution in [-0.4, -0.2) is 30.2 Å². The molecule has 0 radical (unpaired) electrons. The van der Waals surface area contributed by atoms with Gasteiger partial charge >= 0.3 is 12.2 Å². The number of hydrogen-bond acceptors (Lipinski definition) is 6. The van der Waals surface area contributed by atoms with Gasteiger partial charge in [0.25, 0.3) is 11.6 Å². The summed E-state index contributed by atoms with van der Waals surface area (Å²) in [7, 11) is 1.29. The number of anilines is 1. The first-order valence-electron chi connectivity index (χ1n) is 7.45. The quantitative estimate of drug-likeness (QED) is 0.474. The van der Waals surface area contributed by atoms with Crippen molar-refractivity contribution in [3.63, 3.8) is 0 Å². The summed E-state index contributed by atoms with van der Waals surface area (Å²) < 4.78 is 65.6. The van der Waals surface area contributed by atoms with Gasteiger partial charge in [-0.15, -0.1) is 0 Å². The van der Waals surface area contributed by atoms with Crippen LogP contribution in [-0.2, 0) is 0 Å². The summed E-state index contributed by atoms with van der Waals surface area (Å²) in [5, 5.41) is 13.3. The molecule has 0 spiro atoms. The standard InChI is InChI=1S/C16H10F4N2O6/c1-26-9-3-4-11(22(24)25)10(7-9)14(23)21-8-2-5-12-13(6-8)28-16(19,20)15(17,18)27-12/h2-7H,1H3,(H,21,23). The topological polar surface area (TPSA) is 99.9 Å². The number of nitro benzene ring substituents is 1. The molecule has 3 rings (SSSR count). The molecule has 8 nitrogen and oxygen atoms in total. The van der Waals surface area contributed by atoms with Crippen LogP contribution < -0.4 is 19.5 Å². The van der Waals surface area contributed by atoms with Crippen LogP contribution >= 0.6 is 0 Å². The number of ether oxygens (including phenoxy) is 3. The van der Waals surface area contributed by atoms with Gasteiger partial charge in [0.1, 0.15) is 11.3 Å². The van der Waals surface area contributed by atoms with Crippen LogP contribution in [0.5, 0.6) is 17.2 Å². The lowest BCUT2D eigenvalue weighted by Crippen LogP contribution is -2.52. The fourth-order valence-corrected chi connectivity index (χ4v) is 2.33. The van der Waals surface area contributed by atoms with Crippen LogP contribution in [0.25, 0.3) is 0 Å². The molecular formula is C16H10F4N2O6. The molecule has 0 aromatic heterocycles. The average molecular weight is 402 g/mol. The molecule has 1 aliphatic rings. The second-order valence-corrected chi connectivity index (χ2v) is 5.49. The van der Waals surface area contributed by atoms with Crippen molar-refractivity contribution in [2.45, 2.75) is 12.2 Å². The van der Waals surface area contributed by atoms with E-state index < -0.39 is 40.2 Å². The molecule has 0 saturated carbocycles. The predicted molar refractivity (Wildman–Crippen MR) is 85.2 cm³/mol. The zero-order valence-electron chi connectivity index (χ0n) is 13.9. The summed E-state index contributed by atoms with van der Waals surface area (Å²) in [6.07, 6.45) is -9.79. The molecule has 0 fully saturated rings. The smallest absolute Gasteiger partial charge is 0.497 e. The third kappa shape index (κ3) is 3.35. The van der Waals surface area contributed by atoms with E-state index >= 15 is 0 Å². The Morgan fingerprint density at radius 2 is 1.71 bits per heavy atom. The first kappa shape index (κ1) is 19.2. The van der Waals surface area contributed by atoms with E-state index in [4.69, 9.17) is 4.74 Å². The third-order valence-electron chi connectivity index (χ3n) is 3.66. The third-order valence-corrected chi connectivity index (χ3v) is 3.66. The number of carbonyl (C=O) groups excluding carboxylic acids is 1. The fourth-order valence-electron chi connectivity index (χ4n) is 2.33. The average Bonchev–Trinajstić information content (AvgIpc) is 2.61. The lowest BCUT2D eigenvalue weighted by Gasteiger charge is -2.31. The van der Waals surface area contributed by atoms with Gasteiger partial charge in [0.2, 0.25) is 0 Å². The minimum Gasteiger partial charge on any atom is -0.497 e. The van der Waals surface area contributed by atoms with Gasteiger partial charge in [0.15, 0.2) is 11.5 Å². The van der Waals surface area contributed by atoms with Gasteiger partial charge in [0, 0.05) is 17.8 Å². The van der Waals surface area contributed by atoms with Crippen molar-refractivity contribution >= 4 is 17.3 Å². The zero-order chi connectivity index (χ0) is 20.7. The molecule has 148 valence electrons. The predicted octanol–water partition coefficient (Wildman–Crippen LogP) is 3.81. The highest BCUT2D eigenvalue weighted by atomic mass is 19.3. The van der Waals surface area contributed by atoms with Crippen LogP contribution in [0.15, 0.2) is 36.4 Å². The highest BCUT2D eigenvalue weighted by Crippen LogP contribution is 2.47. The number of nitrogens with zero attached hydrogens (tertiary/aromatic N) is 1. The minimum absolute atomic E-state index is 0.148. The molecule has 0 unspecified atom stereocenters. The van der Waals surface area contributed by atoms with E-state index in [1.165, 1.54) is 13.2 Å². The van der Waals surface area contributed by atoms with Crippen LogP contribution in [0.4, 0.5) is 28.9 Å². The summed E-state index contributed by atoms with van der Waals surface area (Å²) in [4.78, 5) is 22.7. The molecule has 1 aliphatic heterocycles. The molecule has 0 saturated heterocycles. The van der Waals surface area contributed by atoms with E-state index in [1.54, 1.807) is 0 Å². The van der Waals surface area contributed by atoms with E-state index in [0.29, 0.717) is 0 Å². The van der Waals surface area contributed by atoms with E-state index in [2.05, 4.69) is 14.8 Å². The second-order valence-electron chi connectivity index (χ2n) is 5.49. The number of amides is 1. The normalized spacial score (nSPS) is 16.2. The number of benzene rings is 2. The van der Waals surface area contributed by atoms with Crippen LogP contribution in [0.3, 0.4) is 0 Å². The van der Waals surface area contributed by atoms with E-state index in [1.807, 2.05) is 0 Å². The summed E-state index contributed by atoms with van der Waals surface area (Å²) in [5.41, 5.74) is -1.04. The van der Waals surface area contributed by atoms with Gasteiger partial charge in [-0.1, -0.05) is 0 Å². The number of hydrogen-bond donors (Lipinski definition) is 1. The number of nitro groups is 1. The maximum absolute atomic E-state index is 13.3. The van der Waals surface area contributed by atoms with Gasteiger partial charge in [-0.2, -0.15) is 17.6 Å². The Morgan fingerprint density at radius 3 is 2.32 bits per heavy atom. The maximum Gasteiger partial charge on any atom is 0.507 e. The Bertz CT molecular complexity index is 966. The molecule has 1 N–H and O–H groups in total. The molecule has 28 heavy (non-hydrogen) atoms. The maximum atomic E-state index is 13.3. The fraction of sp³-hybridized carbons (Fsp3) is 0.188. The molecule has 0 aliphatic carbocycles. The highest BCUT2D eigenvalue weighted by molar-refractivity contribution is 6.07. The van der Waals surface area contributed by atoms with E-state index in [9.17, 15) is 32.5 Å². The van der Waals surface area contributed by atoms with Gasteiger partial charge in [-0.3, -0.25) is 14.9 Å². The Kier molecular flexibility index (Phi) is 4.49. The van der Waals surface area contributed by atoms with Crippen molar-refractivity contribution in [3.8, 4) is 17.2 Å². The molecular weight excluding hydrogens is 392 g/mol. The molecule has 0 bridgehead atoms. The van der Waals surface area contributed by atoms with Crippen molar-refractivity contribution < 1.29 is 41.5 Å². The summed E-state index contributed by atoms with van der Waals surface area (Å²) in [6, 6.07) is 6.23. The van der Waals surface area contributed by atoms with Crippen molar-refractivity contribution in [1.29, 1.82) is 0 Å². The molecule has 2 aromatic carbocycles. The summed E-state index contributed by atoms with van der Waals surface area (Å²) >= 11 is 0. The number of nitrogens with one attached hydrogen (secondary N) is 1. The van der Waals surface area contributed by atoms with Crippen molar-refractivity contribution in [2.75, 3.05) is 12.4 Å². The van der Waals surface area contributed by atoms with Crippen LogP contribution in [0.2, 0.25) is 0 Å². The summed E-state index contributed by atoms with van der Waals surface area (Å²) in [6.45, 7) is 0. The van der Waals surface area contributed by atoms with E-state index in [0.717, 1.165) is 30.3 Å². The minimum atomic E-state index is -4.92. The first-order chi connectivity index (χ1) is 13.0. The molecule has 0 atom stereocenters. The molecule has 1 heterocycles.